The first-order valence-electron chi connectivity index (χ1n) is 7.12. The molecule has 1 aromatic rings. The van der Waals surface area contributed by atoms with E-state index in [0.717, 1.165) is 19.5 Å². The van der Waals surface area contributed by atoms with Crippen molar-refractivity contribution in [1.29, 1.82) is 0 Å². The fraction of sp³-hybridized carbons (Fsp3) is 0.800. The molecule has 1 rings (SSSR count). The van der Waals surface area contributed by atoms with Crippen molar-refractivity contribution in [3.05, 3.63) is 17.5 Å². The monoisotopic (exact) mass is 266 g/mol. The van der Waals surface area contributed by atoms with Crippen molar-refractivity contribution in [2.24, 2.45) is 7.05 Å². The Labute approximate surface area is 118 Å². The van der Waals surface area contributed by atoms with Crippen molar-refractivity contribution >= 4 is 0 Å². The van der Waals surface area contributed by atoms with Gasteiger partial charge in [-0.05, 0) is 34.0 Å². The predicted octanol–water partition coefficient (Wildman–Crippen LogP) is 2.15. The molecule has 1 unspecified atom stereocenters. The van der Waals surface area contributed by atoms with Crippen LogP contribution in [-0.2, 0) is 19.0 Å². The minimum absolute atomic E-state index is 0.106. The van der Waals surface area contributed by atoms with Gasteiger partial charge >= 0.3 is 0 Å². The zero-order valence-electron chi connectivity index (χ0n) is 13.6. The highest BCUT2D eigenvalue weighted by Gasteiger charge is 2.21. The Hall–Kier alpha value is -0.870. The van der Waals surface area contributed by atoms with Gasteiger partial charge < -0.3 is 10.2 Å². The molecule has 1 atom stereocenters. The Morgan fingerprint density at radius 3 is 2.53 bits per heavy atom. The molecule has 0 saturated heterocycles. The number of aryl methyl sites for hydroxylation is 1. The largest absolute Gasteiger partial charge is 0.312 e. The Morgan fingerprint density at radius 1 is 1.37 bits per heavy atom. The van der Waals surface area contributed by atoms with E-state index in [1.165, 1.54) is 11.3 Å². The van der Waals surface area contributed by atoms with Crippen LogP contribution in [0.25, 0.3) is 0 Å². The summed E-state index contributed by atoms with van der Waals surface area (Å²) in [6.45, 7) is 10.8. The first kappa shape index (κ1) is 16.2. The van der Waals surface area contributed by atoms with Crippen LogP contribution in [0.3, 0.4) is 0 Å². The zero-order chi connectivity index (χ0) is 14.6. The summed E-state index contributed by atoms with van der Waals surface area (Å²) in [5.74, 6) is 0. The molecule has 4 heteroatoms. The number of nitrogens with one attached hydrogen (secondary N) is 1. The lowest BCUT2D eigenvalue weighted by molar-refractivity contribution is 0.295. The van der Waals surface area contributed by atoms with Gasteiger partial charge in [0.05, 0.1) is 5.69 Å². The highest BCUT2D eigenvalue weighted by Crippen LogP contribution is 2.23. The van der Waals surface area contributed by atoms with Crippen LogP contribution in [0.1, 0.15) is 45.4 Å². The van der Waals surface area contributed by atoms with E-state index >= 15 is 0 Å². The van der Waals surface area contributed by atoms with Crippen molar-refractivity contribution < 1.29 is 0 Å². The molecular weight excluding hydrogens is 236 g/mol. The van der Waals surface area contributed by atoms with Crippen molar-refractivity contribution in [1.82, 2.24) is 20.0 Å². The van der Waals surface area contributed by atoms with Crippen molar-refractivity contribution in [3.63, 3.8) is 0 Å². The molecule has 0 saturated carbocycles. The predicted molar refractivity (Wildman–Crippen MR) is 81.4 cm³/mol. The Bertz CT molecular complexity index is 387. The number of rotatable bonds is 6. The van der Waals surface area contributed by atoms with Crippen LogP contribution in [0.4, 0.5) is 0 Å². The van der Waals surface area contributed by atoms with Crippen molar-refractivity contribution in [2.75, 3.05) is 20.6 Å². The van der Waals surface area contributed by atoms with Crippen LogP contribution < -0.4 is 5.32 Å². The summed E-state index contributed by atoms with van der Waals surface area (Å²) in [6.07, 6.45) is 3.29. The standard InChI is InChI=1S/C15H30N4/c1-12(18(5)6)8-9-16-10-13-11-19(7)17-14(13)15(2,3)4/h11-12,16H,8-10H2,1-7H3. The fourth-order valence-corrected chi connectivity index (χ4v) is 2.09. The molecule has 110 valence electrons. The maximum atomic E-state index is 4.59. The highest BCUT2D eigenvalue weighted by molar-refractivity contribution is 5.23. The van der Waals surface area contributed by atoms with Gasteiger partial charge in [-0.2, -0.15) is 5.10 Å². The van der Waals surface area contributed by atoms with E-state index in [9.17, 15) is 0 Å². The number of aromatic nitrogens is 2. The summed E-state index contributed by atoms with van der Waals surface area (Å²) in [6, 6.07) is 0.614. The van der Waals surface area contributed by atoms with Gasteiger partial charge in [0, 0.05) is 36.8 Å². The smallest absolute Gasteiger partial charge is 0.0722 e. The van der Waals surface area contributed by atoms with Gasteiger partial charge in [-0.15, -0.1) is 0 Å². The maximum absolute atomic E-state index is 4.59. The Balaban J connectivity index is 2.50. The zero-order valence-corrected chi connectivity index (χ0v) is 13.6. The van der Waals surface area contributed by atoms with E-state index in [1.54, 1.807) is 0 Å². The Morgan fingerprint density at radius 2 is 2.00 bits per heavy atom. The lowest BCUT2D eigenvalue weighted by Gasteiger charge is -2.20. The topological polar surface area (TPSA) is 33.1 Å². The van der Waals surface area contributed by atoms with Crippen molar-refractivity contribution in [2.45, 2.75) is 52.1 Å². The molecule has 0 amide bonds. The van der Waals surface area contributed by atoms with Crippen LogP contribution in [0, 0.1) is 0 Å². The van der Waals surface area contributed by atoms with Crippen LogP contribution in [-0.4, -0.2) is 41.4 Å². The van der Waals surface area contributed by atoms with E-state index in [0.29, 0.717) is 6.04 Å². The van der Waals surface area contributed by atoms with E-state index in [-0.39, 0.29) is 5.41 Å². The third-order valence-corrected chi connectivity index (χ3v) is 3.55. The quantitative estimate of drug-likeness (QED) is 0.801. The van der Waals surface area contributed by atoms with Crippen LogP contribution >= 0.6 is 0 Å². The second-order valence-electron chi connectivity index (χ2n) is 6.70. The average Bonchev–Trinajstić information content (AvgIpc) is 2.65. The minimum Gasteiger partial charge on any atom is -0.312 e. The molecule has 4 nitrogen and oxygen atoms in total. The highest BCUT2D eigenvalue weighted by atomic mass is 15.3. The summed E-state index contributed by atoms with van der Waals surface area (Å²) in [5, 5.41) is 8.13. The molecule has 0 fully saturated rings. The average molecular weight is 266 g/mol. The number of hydrogen-bond acceptors (Lipinski definition) is 3. The van der Waals surface area contributed by atoms with Gasteiger partial charge in [-0.25, -0.2) is 0 Å². The van der Waals surface area contributed by atoms with E-state index in [2.05, 4.69) is 63.3 Å². The molecule has 0 aromatic carbocycles. The first-order chi connectivity index (χ1) is 8.71. The Kier molecular flexibility index (Phi) is 5.56. The minimum atomic E-state index is 0.106. The lowest BCUT2D eigenvalue weighted by Crippen LogP contribution is -2.29. The molecule has 0 aliphatic carbocycles. The van der Waals surface area contributed by atoms with Gasteiger partial charge in [0.15, 0.2) is 0 Å². The molecule has 19 heavy (non-hydrogen) atoms. The maximum Gasteiger partial charge on any atom is 0.0722 e. The second-order valence-corrected chi connectivity index (χ2v) is 6.70. The molecule has 1 aromatic heterocycles. The molecule has 0 radical (unpaired) electrons. The van der Waals surface area contributed by atoms with Crippen LogP contribution in [0.5, 0.6) is 0 Å². The van der Waals surface area contributed by atoms with E-state index in [4.69, 9.17) is 0 Å². The third kappa shape index (κ3) is 4.96. The van der Waals surface area contributed by atoms with E-state index in [1.807, 2.05) is 11.7 Å². The second kappa shape index (κ2) is 6.53. The molecule has 0 aliphatic rings. The summed E-state index contributed by atoms with van der Waals surface area (Å²) >= 11 is 0. The molecule has 1 N–H and O–H groups in total. The number of hydrogen-bond donors (Lipinski definition) is 1. The number of nitrogens with zero attached hydrogens (tertiary/aromatic N) is 3. The van der Waals surface area contributed by atoms with Gasteiger partial charge in [-0.3, -0.25) is 4.68 Å². The third-order valence-electron chi connectivity index (χ3n) is 3.55. The molecular formula is C15H30N4. The van der Waals surface area contributed by atoms with Gasteiger partial charge in [0.25, 0.3) is 0 Å². The summed E-state index contributed by atoms with van der Waals surface area (Å²) in [4.78, 5) is 2.26. The van der Waals surface area contributed by atoms with Gasteiger partial charge in [0.2, 0.25) is 0 Å². The van der Waals surface area contributed by atoms with Gasteiger partial charge in [0.1, 0.15) is 0 Å². The fourth-order valence-electron chi connectivity index (χ4n) is 2.09. The van der Waals surface area contributed by atoms with Crippen molar-refractivity contribution in [3.8, 4) is 0 Å². The molecule has 0 spiro atoms. The summed E-state index contributed by atoms with van der Waals surface area (Å²) in [5.41, 5.74) is 2.62. The lowest BCUT2D eigenvalue weighted by atomic mass is 9.89. The first-order valence-corrected chi connectivity index (χ1v) is 7.12. The van der Waals surface area contributed by atoms with Gasteiger partial charge in [-0.1, -0.05) is 20.8 Å². The summed E-state index contributed by atoms with van der Waals surface area (Å²) in [7, 11) is 6.25. The van der Waals surface area contributed by atoms with Crippen LogP contribution in [0.2, 0.25) is 0 Å². The molecule has 0 bridgehead atoms. The SMILES string of the molecule is CC(CCNCc1cn(C)nc1C(C)(C)C)N(C)C. The normalized spacial score (nSPS) is 14.1. The molecule has 1 heterocycles. The molecule has 0 aliphatic heterocycles. The summed E-state index contributed by atoms with van der Waals surface area (Å²) < 4.78 is 1.92. The van der Waals surface area contributed by atoms with E-state index < -0.39 is 0 Å². The van der Waals surface area contributed by atoms with Crippen LogP contribution in [0.15, 0.2) is 6.20 Å².